The van der Waals surface area contributed by atoms with E-state index in [1.54, 1.807) is 18.2 Å². The third-order valence-electron chi connectivity index (χ3n) is 6.62. The lowest BCUT2D eigenvalue weighted by atomic mass is 9.77. The first-order valence-corrected chi connectivity index (χ1v) is 12.9. The lowest BCUT2D eigenvalue weighted by Crippen LogP contribution is -2.48. The Morgan fingerprint density at radius 3 is 1.98 bits per heavy atom. The Labute approximate surface area is 253 Å². The fourth-order valence-corrected chi connectivity index (χ4v) is 4.60. The lowest BCUT2D eigenvalue weighted by molar-refractivity contribution is -0.253. The number of benzene rings is 4. The largest absolute Gasteiger partial charge is 0.461 e. The SMILES string of the molecule is O=C(NC(Cc1ccccc1)(c1ccc(OC(F)F)cc1)c1cc(F)cc(OC(F)(F)C(F)F)c1)c1ccc(F)c(C(F)(F)F)c1. The molecule has 4 aromatic carbocycles. The average molecular weight is 663 g/mol. The van der Waals surface area contributed by atoms with Crippen LogP contribution in [0, 0.1) is 11.6 Å². The Morgan fingerprint density at radius 1 is 0.739 bits per heavy atom. The molecule has 0 saturated carbocycles. The summed E-state index contributed by atoms with van der Waals surface area (Å²) in [5, 5.41) is 2.45. The highest BCUT2D eigenvalue weighted by Gasteiger charge is 2.45. The van der Waals surface area contributed by atoms with Gasteiger partial charge in [-0.2, -0.15) is 39.5 Å². The maximum absolute atomic E-state index is 15.0. The minimum atomic E-state index is -5.22. The highest BCUT2D eigenvalue weighted by atomic mass is 19.4. The fourth-order valence-electron chi connectivity index (χ4n) is 4.60. The van der Waals surface area contributed by atoms with Gasteiger partial charge in [-0.3, -0.25) is 4.79 Å². The first kappa shape index (κ1) is 34.1. The van der Waals surface area contributed by atoms with Crippen LogP contribution < -0.4 is 14.8 Å². The molecular weight excluding hydrogens is 643 g/mol. The van der Waals surface area contributed by atoms with Crippen LogP contribution in [0.15, 0.2) is 91.0 Å². The summed E-state index contributed by atoms with van der Waals surface area (Å²) in [4.78, 5) is 13.6. The number of ether oxygens (including phenoxy) is 2. The van der Waals surface area contributed by atoms with Crippen molar-refractivity contribution < 1.29 is 62.6 Å². The summed E-state index contributed by atoms with van der Waals surface area (Å²) < 4.78 is 157. The van der Waals surface area contributed by atoms with E-state index in [4.69, 9.17) is 0 Å². The summed E-state index contributed by atoms with van der Waals surface area (Å²) in [6, 6.07) is 15.0. The standard InChI is InChI=1S/C31H20F11NO3/c32-21-13-20(14-23(15-21)46-31(41,42)27(34)35)29(16-17-4-2-1-3-5-17,19-7-9-22(10-8-19)45-28(36)37)43-26(44)18-6-11-25(33)24(12-18)30(38,39)40/h1-15,27-28H,16H2,(H,43,44). The van der Waals surface area contributed by atoms with Gasteiger partial charge in [0.25, 0.3) is 5.91 Å². The molecule has 0 spiro atoms. The predicted octanol–water partition coefficient (Wildman–Crippen LogP) is 8.74. The van der Waals surface area contributed by atoms with Gasteiger partial charge in [-0.1, -0.05) is 42.5 Å². The molecule has 244 valence electrons. The number of carbonyl (C=O) groups excluding carboxylic acids is 1. The molecule has 0 fully saturated rings. The number of halogens is 11. The van der Waals surface area contributed by atoms with E-state index in [0.717, 1.165) is 30.3 Å². The van der Waals surface area contributed by atoms with Crippen molar-refractivity contribution in [3.05, 3.63) is 130 Å². The van der Waals surface area contributed by atoms with Crippen LogP contribution in [-0.4, -0.2) is 25.1 Å². The number of amides is 1. The molecule has 4 rings (SSSR count). The quantitative estimate of drug-likeness (QED) is 0.163. The first-order valence-electron chi connectivity index (χ1n) is 12.9. The molecule has 46 heavy (non-hydrogen) atoms. The molecule has 0 saturated heterocycles. The van der Waals surface area contributed by atoms with E-state index in [0.29, 0.717) is 29.8 Å². The topological polar surface area (TPSA) is 47.6 Å². The molecule has 0 aliphatic heterocycles. The number of alkyl halides is 9. The van der Waals surface area contributed by atoms with Gasteiger partial charge < -0.3 is 14.8 Å². The van der Waals surface area contributed by atoms with Crippen molar-refractivity contribution in [2.75, 3.05) is 0 Å². The van der Waals surface area contributed by atoms with Gasteiger partial charge in [0.1, 0.15) is 23.1 Å². The highest BCUT2D eigenvalue weighted by Crippen LogP contribution is 2.39. The molecule has 1 amide bonds. The maximum atomic E-state index is 15.0. The van der Waals surface area contributed by atoms with Crippen LogP contribution in [0.2, 0.25) is 0 Å². The molecule has 0 heterocycles. The molecule has 4 aromatic rings. The third kappa shape index (κ3) is 7.87. The van der Waals surface area contributed by atoms with Gasteiger partial charge in [-0.25, -0.2) is 8.78 Å². The van der Waals surface area contributed by atoms with E-state index < -0.39 is 77.3 Å². The van der Waals surface area contributed by atoms with Gasteiger partial charge >= 0.3 is 25.3 Å². The van der Waals surface area contributed by atoms with Gasteiger partial charge in [0, 0.05) is 18.1 Å². The Bertz CT molecular complexity index is 1660. The van der Waals surface area contributed by atoms with Crippen molar-refractivity contribution in [1.29, 1.82) is 0 Å². The van der Waals surface area contributed by atoms with Crippen molar-refractivity contribution in [2.45, 2.75) is 37.3 Å². The number of hydrogen-bond acceptors (Lipinski definition) is 3. The summed E-state index contributed by atoms with van der Waals surface area (Å²) in [6.45, 7) is -3.25. The smallest absolute Gasteiger partial charge is 0.435 e. The van der Waals surface area contributed by atoms with Crippen molar-refractivity contribution >= 4 is 5.91 Å². The molecule has 4 nitrogen and oxygen atoms in total. The molecule has 0 aromatic heterocycles. The summed E-state index contributed by atoms with van der Waals surface area (Å²) in [5.74, 6) is -5.82. The van der Waals surface area contributed by atoms with Crippen LogP contribution in [0.25, 0.3) is 0 Å². The molecule has 1 unspecified atom stereocenters. The molecule has 1 N–H and O–H groups in total. The molecule has 0 aliphatic rings. The molecule has 15 heteroatoms. The van der Waals surface area contributed by atoms with Gasteiger partial charge in [-0.05, 0) is 59.2 Å². The summed E-state index contributed by atoms with van der Waals surface area (Å²) in [6.07, 6.45) is -15.0. The summed E-state index contributed by atoms with van der Waals surface area (Å²) in [5.41, 5.74) is -4.85. The number of rotatable bonds is 11. The van der Waals surface area contributed by atoms with Crippen LogP contribution in [0.5, 0.6) is 11.5 Å². The predicted molar refractivity (Wildman–Crippen MR) is 141 cm³/mol. The van der Waals surface area contributed by atoms with Crippen molar-refractivity contribution in [3.63, 3.8) is 0 Å². The summed E-state index contributed by atoms with van der Waals surface area (Å²) >= 11 is 0. The van der Waals surface area contributed by atoms with E-state index in [1.165, 1.54) is 12.1 Å². The van der Waals surface area contributed by atoms with Crippen LogP contribution in [0.4, 0.5) is 48.3 Å². The third-order valence-corrected chi connectivity index (χ3v) is 6.62. The van der Waals surface area contributed by atoms with Crippen LogP contribution in [-0.2, 0) is 18.1 Å². The van der Waals surface area contributed by atoms with Crippen LogP contribution >= 0.6 is 0 Å². The normalized spacial score (nSPS) is 13.4. The monoisotopic (exact) mass is 663 g/mol. The van der Waals surface area contributed by atoms with E-state index in [9.17, 15) is 53.1 Å². The first-order chi connectivity index (χ1) is 21.5. The Balaban J connectivity index is 1.97. The highest BCUT2D eigenvalue weighted by molar-refractivity contribution is 5.95. The molecule has 0 bridgehead atoms. The van der Waals surface area contributed by atoms with E-state index >= 15 is 0 Å². The molecule has 0 aliphatic carbocycles. The van der Waals surface area contributed by atoms with Crippen molar-refractivity contribution in [1.82, 2.24) is 5.32 Å². The zero-order valence-electron chi connectivity index (χ0n) is 22.9. The van der Waals surface area contributed by atoms with Gasteiger partial charge in [0.15, 0.2) is 0 Å². The molecule has 0 radical (unpaired) electrons. The maximum Gasteiger partial charge on any atom is 0.461 e. The minimum Gasteiger partial charge on any atom is -0.435 e. The second-order valence-electron chi connectivity index (χ2n) is 9.76. The van der Waals surface area contributed by atoms with Crippen molar-refractivity contribution in [3.8, 4) is 11.5 Å². The van der Waals surface area contributed by atoms with E-state index in [-0.39, 0.29) is 17.4 Å². The van der Waals surface area contributed by atoms with Crippen molar-refractivity contribution in [2.24, 2.45) is 0 Å². The fraction of sp³-hybridized carbons (Fsp3) is 0.194. The van der Waals surface area contributed by atoms with Crippen LogP contribution in [0.3, 0.4) is 0 Å². The minimum absolute atomic E-state index is 0.0818. The Hall–Kier alpha value is -4.82. The van der Waals surface area contributed by atoms with Gasteiger partial charge in [-0.15, -0.1) is 0 Å². The average Bonchev–Trinajstić information content (AvgIpc) is 2.96. The summed E-state index contributed by atoms with van der Waals surface area (Å²) in [7, 11) is 0. The molecular formula is C31H20F11NO3. The van der Waals surface area contributed by atoms with Gasteiger partial charge in [0.2, 0.25) is 0 Å². The zero-order valence-corrected chi connectivity index (χ0v) is 22.9. The number of hydrogen-bond donors (Lipinski definition) is 1. The van der Waals surface area contributed by atoms with Gasteiger partial charge in [0.05, 0.1) is 11.1 Å². The second-order valence-corrected chi connectivity index (χ2v) is 9.76. The number of carbonyl (C=O) groups is 1. The number of nitrogens with one attached hydrogen (secondary N) is 1. The van der Waals surface area contributed by atoms with E-state index in [1.807, 2.05) is 0 Å². The molecule has 1 atom stereocenters. The lowest BCUT2D eigenvalue weighted by Gasteiger charge is -2.37. The van der Waals surface area contributed by atoms with E-state index in [2.05, 4.69) is 14.8 Å². The van der Waals surface area contributed by atoms with Crippen LogP contribution in [0.1, 0.15) is 32.6 Å². The Kier molecular flexibility index (Phi) is 9.82. The zero-order chi connectivity index (χ0) is 33.9. The second kappa shape index (κ2) is 13.3. The Morgan fingerprint density at radius 2 is 1.39 bits per heavy atom.